The zero-order valence-corrected chi connectivity index (χ0v) is 11.6. The predicted molar refractivity (Wildman–Crippen MR) is 73.9 cm³/mol. The maximum absolute atomic E-state index is 12.7. The van der Waals surface area contributed by atoms with Gasteiger partial charge in [0, 0.05) is 12.2 Å². The number of rotatable bonds is 7. The number of carboxylic acid groups (broad SMARTS) is 1. The van der Waals surface area contributed by atoms with Gasteiger partial charge in [0.05, 0.1) is 13.1 Å². The third kappa shape index (κ3) is 6.29. The van der Waals surface area contributed by atoms with Gasteiger partial charge in [-0.1, -0.05) is 13.8 Å². The number of anilines is 1. The van der Waals surface area contributed by atoms with E-state index in [1.807, 2.05) is 13.8 Å². The van der Waals surface area contributed by atoms with Crippen molar-refractivity contribution in [1.29, 1.82) is 0 Å². The number of hydrogen-bond donors (Lipinski definition) is 2. The molecule has 0 aliphatic heterocycles. The standard InChI is InChI=1S/C14H19FN2O3/c1-10(2)7-17(9-14(19)20)8-13(18)16-12-5-3-11(15)4-6-12/h3-6,10H,7-9H2,1-2H3,(H,16,18)(H,19,20). The Kier molecular flexibility index (Phi) is 6.11. The van der Waals surface area contributed by atoms with Crippen LogP contribution in [0.5, 0.6) is 0 Å². The lowest BCUT2D eigenvalue weighted by molar-refractivity contribution is -0.138. The fourth-order valence-electron chi connectivity index (χ4n) is 1.83. The van der Waals surface area contributed by atoms with Crippen LogP contribution in [-0.4, -0.2) is 41.5 Å². The smallest absolute Gasteiger partial charge is 0.317 e. The Morgan fingerprint density at radius 1 is 1.25 bits per heavy atom. The van der Waals surface area contributed by atoms with Gasteiger partial charge in [-0.25, -0.2) is 4.39 Å². The summed E-state index contributed by atoms with van der Waals surface area (Å²) in [4.78, 5) is 24.1. The second kappa shape index (κ2) is 7.59. The van der Waals surface area contributed by atoms with Crippen LogP contribution in [0.15, 0.2) is 24.3 Å². The van der Waals surface area contributed by atoms with E-state index in [0.717, 1.165) is 0 Å². The lowest BCUT2D eigenvalue weighted by Crippen LogP contribution is -2.39. The molecule has 1 amide bonds. The number of hydrogen-bond acceptors (Lipinski definition) is 3. The highest BCUT2D eigenvalue weighted by Gasteiger charge is 2.15. The van der Waals surface area contributed by atoms with E-state index in [1.54, 1.807) is 4.90 Å². The molecule has 0 aliphatic rings. The molecule has 6 heteroatoms. The molecule has 0 heterocycles. The van der Waals surface area contributed by atoms with Gasteiger partial charge in [-0.15, -0.1) is 0 Å². The topological polar surface area (TPSA) is 69.6 Å². The van der Waals surface area contributed by atoms with Gasteiger partial charge in [-0.05, 0) is 30.2 Å². The number of nitrogens with zero attached hydrogens (tertiary/aromatic N) is 1. The van der Waals surface area contributed by atoms with E-state index in [1.165, 1.54) is 24.3 Å². The number of nitrogens with one attached hydrogen (secondary N) is 1. The van der Waals surface area contributed by atoms with Crippen LogP contribution in [0.25, 0.3) is 0 Å². The molecule has 0 unspecified atom stereocenters. The van der Waals surface area contributed by atoms with Gasteiger partial charge in [-0.2, -0.15) is 0 Å². The fourth-order valence-corrected chi connectivity index (χ4v) is 1.83. The van der Waals surface area contributed by atoms with Crippen molar-refractivity contribution >= 4 is 17.6 Å². The van der Waals surface area contributed by atoms with Crippen molar-refractivity contribution < 1.29 is 19.1 Å². The molecule has 0 aromatic heterocycles. The molecule has 1 rings (SSSR count). The molecule has 0 fully saturated rings. The van der Waals surface area contributed by atoms with Gasteiger partial charge >= 0.3 is 5.97 Å². The molecule has 0 atom stereocenters. The lowest BCUT2D eigenvalue weighted by atomic mass is 10.2. The van der Waals surface area contributed by atoms with Crippen LogP contribution in [0.3, 0.4) is 0 Å². The normalized spacial score (nSPS) is 10.8. The molecule has 0 radical (unpaired) electrons. The van der Waals surface area contributed by atoms with Crippen molar-refractivity contribution in [3.63, 3.8) is 0 Å². The van der Waals surface area contributed by atoms with Gasteiger partial charge in [0.1, 0.15) is 5.82 Å². The van der Waals surface area contributed by atoms with Gasteiger partial charge < -0.3 is 10.4 Å². The van der Waals surface area contributed by atoms with Crippen molar-refractivity contribution in [2.24, 2.45) is 5.92 Å². The van der Waals surface area contributed by atoms with Gasteiger partial charge in [0.2, 0.25) is 5.91 Å². The number of carboxylic acids is 1. The quantitative estimate of drug-likeness (QED) is 0.800. The number of carbonyl (C=O) groups excluding carboxylic acids is 1. The van der Waals surface area contributed by atoms with Crippen LogP contribution in [-0.2, 0) is 9.59 Å². The van der Waals surface area contributed by atoms with Crippen molar-refractivity contribution in [3.8, 4) is 0 Å². The minimum Gasteiger partial charge on any atom is -0.480 e. The first-order chi connectivity index (χ1) is 9.36. The highest BCUT2D eigenvalue weighted by molar-refractivity contribution is 5.92. The van der Waals surface area contributed by atoms with Gasteiger partial charge in [0.25, 0.3) is 0 Å². The molecule has 1 aromatic rings. The SMILES string of the molecule is CC(C)CN(CC(=O)O)CC(=O)Nc1ccc(F)cc1. The predicted octanol–water partition coefficient (Wildman–Crippen LogP) is 1.81. The van der Waals surface area contributed by atoms with E-state index in [0.29, 0.717) is 12.2 Å². The molecule has 5 nitrogen and oxygen atoms in total. The summed E-state index contributed by atoms with van der Waals surface area (Å²) >= 11 is 0. The highest BCUT2D eigenvalue weighted by atomic mass is 19.1. The van der Waals surface area contributed by atoms with Crippen molar-refractivity contribution in [2.75, 3.05) is 25.0 Å². The first-order valence-electron chi connectivity index (χ1n) is 6.36. The number of halogens is 1. The maximum Gasteiger partial charge on any atom is 0.317 e. The fraction of sp³-hybridized carbons (Fsp3) is 0.429. The van der Waals surface area contributed by atoms with E-state index >= 15 is 0 Å². The summed E-state index contributed by atoms with van der Waals surface area (Å²) in [5, 5.41) is 11.4. The largest absolute Gasteiger partial charge is 0.480 e. The Balaban J connectivity index is 2.56. The summed E-state index contributed by atoms with van der Waals surface area (Å²) in [6.07, 6.45) is 0. The molecule has 0 aliphatic carbocycles. The molecule has 0 bridgehead atoms. The van der Waals surface area contributed by atoms with Crippen molar-refractivity contribution in [3.05, 3.63) is 30.1 Å². The Morgan fingerprint density at radius 3 is 2.35 bits per heavy atom. The zero-order valence-electron chi connectivity index (χ0n) is 11.6. The lowest BCUT2D eigenvalue weighted by Gasteiger charge is -2.21. The molecular formula is C14H19FN2O3. The second-order valence-electron chi connectivity index (χ2n) is 5.01. The summed E-state index contributed by atoms with van der Waals surface area (Å²) in [5.41, 5.74) is 0.483. The molecular weight excluding hydrogens is 263 g/mol. The minimum atomic E-state index is -0.972. The first-order valence-corrected chi connectivity index (χ1v) is 6.36. The Labute approximate surface area is 117 Å². The van der Waals surface area contributed by atoms with E-state index < -0.39 is 5.97 Å². The number of benzene rings is 1. The van der Waals surface area contributed by atoms with Crippen molar-refractivity contribution in [2.45, 2.75) is 13.8 Å². The van der Waals surface area contributed by atoms with Crippen LogP contribution in [0, 0.1) is 11.7 Å². The summed E-state index contributed by atoms with van der Waals surface area (Å²) in [6, 6.07) is 5.41. The molecule has 1 aromatic carbocycles. The first kappa shape index (κ1) is 16.1. The summed E-state index contributed by atoms with van der Waals surface area (Å²) in [5.74, 6) is -1.41. The van der Waals surface area contributed by atoms with Crippen LogP contribution in [0.4, 0.5) is 10.1 Å². The van der Waals surface area contributed by atoms with Crippen LogP contribution < -0.4 is 5.32 Å². The molecule has 20 heavy (non-hydrogen) atoms. The van der Waals surface area contributed by atoms with E-state index in [4.69, 9.17) is 5.11 Å². The molecule has 0 saturated heterocycles. The summed E-state index contributed by atoms with van der Waals surface area (Å²) in [7, 11) is 0. The Bertz CT molecular complexity index is 460. The number of aliphatic carboxylic acids is 1. The highest BCUT2D eigenvalue weighted by Crippen LogP contribution is 2.08. The maximum atomic E-state index is 12.7. The third-order valence-electron chi connectivity index (χ3n) is 2.48. The minimum absolute atomic E-state index is 0.0120. The Morgan fingerprint density at radius 2 is 1.85 bits per heavy atom. The van der Waals surface area contributed by atoms with Crippen LogP contribution in [0.2, 0.25) is 0 Å². The monoisotopic (exact) mass is 282 g/mol. The zero-order chi connectivity index (χ0) is 15.1. The molecule has 0 saturated carbocycles. The van der Waals surface area contributed by atoms with Crippen molar-refractivity contribution in [1.82, 2.24) is 4.90 Å². The van der Waals surface area contributed by atoms with E-state index in [-0.39, 0.29) is 30.7 Å². The summed E-state index contributed by atoms with van der Waals surface area (Å²) < 4.78 is 12.7. The van der Waals surface area contributed by atoms with Crippen LogP contribution >= 0.6 is 0 Å². The average molecular weight is 282 g/mol. The molecule has 110 valence electrons. The van der Waals surface area contributed by atoms with Crippen LogP contribution in [0.1, 0.15) is 13.8 Å². The van der Waals surface area contributed by atoms with Gasteiger partial charge in [-0.3, -0.25) is 14.5 Å². The van der Waals surface area contributed by atoms with E-state index in [9.17, 15) is 14.0 Å². The van der Waals surface area contributed by atoms with Gasteiger partial charge in [0.15, 0.2) is 0 Å². The number of amides is 1. The summed E-state index contributed by atoms with van der Waals surface area (Å²) in [6.45, 7) is 4.22. The second-order valence-corrected chi connectivity index (χ2v) is 5.01. The third-order valence-corrected chi connectivity index (χ3v) is 2.48. The number of carbonyl (C=O) groups is 2. The van der Waals surface area contributed by atoms with E-state index in [2.05, 4.69) is 5.32 Å². The molecule has 2 N–H and O–H groups in total. The molecule has 0 spiro atoms. The Hall–Kier alpha value is -1.95. The average Bonchev–Trinajstić information content (AvgIpc) is 2.30.